The van der Waals surface area contributed by atoms with Gasteiger partial charge in [0.1, 0.15) is 0 Å². The number of nitrogens with one attached hydrogen (secondary N) is 2. The summed E-state index contributed by atoms with van der Waals surface area (Å²) in [6, 6.07) is 6.92. The fraction of sp³-hybridized carbons (Fsp3) is 0.389. The number of benzene rings is 1. The number of hydrogen-bond donors (Lipinski definition) is 2. The number of amides is 2. The summed E-state index contributed by atoms with van der Waals surface area (Å²) in [4.78, 5) is 28.9. The Morgan fingerprint density at radius 1 is 1.21 bits per heavy atom. The molecule has 1 aromatic heterocycles. The number of anilines is 2. The summed E-state index contributed by atoms with van der Waals surface area (Å²) >= 11 is 1.45. The number of carbonyl (C=O) groups is 2. The third kappa shape index (κ3) is 4.00. The number of thiazole rings is 1. The second kappa shape index (κ2) is 6.36. The molecule has 0 unspecified atom stereocenters. The Morgan fingerprint density at radius 2 is 1.96 bits per heavy atom. The Hall–Kier alpha value is -2.21. The molecule has 0 spiro atoms. The summed E-state index contributed by atoms with van der Waals surface area (Å²) in [6.45, 7) is 5.54. The topological polar surface area (TPSA) is 71.1 Å². The summed E-state index contributed by atoms with van der Waals surface area (Å²) < 4.78 is 0. The molecule has 1 fully saturated rings. The van der Waals surface area contributed by atoms with Crippen LogP contribution in [-0.4, -0.2) is 16.8 Å². The third-order valence-electron chi connectivity index (χ3n) is 3.80. The van der Waals surface area contributed by atoms with Crippen molar-refractivity contribution in [3.63, 3.8) is 0 Å². The van der Waals surface area contributed by atoms with Crippen LogP contribution in [0.2, 0.25) is 0 Å². The highest BCUT2D eigenvalue weighted by molar-refractivity contribution is 7.14. The van der Waals surface area contributed by atoms with E-state index in [0.717, 1.165) is 5.69 Å². The molecule has 1 aromatic carbocycles. The zero-order chi connectivity index (χ0) is 17.3. The Bertz CT molecular complexity index is 773. The first-order valence-corrected chi connectivity index (χ1v) is 8.89. The minimum Gasteiger partial charge on any atom is -0.326 e. The number of aromatic nitrogens is 1. The maximum absolute atomic E-state index is 12.4. The normalized spacial score (nSPS) is 14.3. The van der Waals surface area contributed by atoms with E-state index in [4.69, 9.17) is 0 Å². The minimum atomic E-state index is -0.488. The molecule has 1 heterocycles. The quantitative estimate of drug-likeness (QED) is 0.871. The van der Waals surface area contributed by atoms with Crippen LogP contribution >= 0.6 is 11.3 Å². The summed E-state index contributed by atoms with van der Waals surface area (Å²) in [5, 5.41) is 8.29. The molecule has 0 atom stereocenters. The molecule has 0 radical (unpaired) electrons. The van der Waals surface area contributed by atoms with Crippen LogP contribution in [0, 0.1) is 5.41 Å². The van der Waals surface area contributed by atoms with E-state index < -0.39 is 5.41 Å². The van der Waals surface area contributed by atoms with Crippen molar-refractivity contribution in [2.24, 2.45) is 5.41 Å². The first-order chi connectivity index (χ1) is 11.3. The second-order valence-electron chi connectivity index (χ2n) is 7.09. The van der Waals surface area contributed by atoms with Gasteiger partial charge in [-0.3, -0.25) is 14.9 Å². The van der Waals surface area contributed by atoms with E-state index >= 15 is 0 Å². The highest BCUT2D eigenvalue weighted by Crippen LogP contribution is 2.40. The van der Waals surface area contributed by atoms with Crippen LogP contribution in [-0.2, 0) is 4.79 Å². The summed E-state index contributed by atoms with van der Waals surface area (Å²) in [5.74, 6) is 0.260. The van der Waals surface area contributed by atoms with Crippen LogP contribution in [0.4, 0.5) is 10.8 Å². The van der Waals surface area contributed by atoms with Crippen molar-refractivity contribution in [3.05, 3.63) is 40.9 Å². The molecular weight excluding hydrogens is 322 g/mol. The highest BCUT2D eigenvalue weighted by atomic mass is 32.1. The van der Waals surface area contributed by atoms with Gasteiger partial charge in [-0.1, -0.05) is 26.8 Å². The Labute approximate surface area is 145 Å². The predicted octanol–water partition coefficient (Wildman–Crippen LogP) is 4.26. The average Bonchev–Trinajstić information content (AvgIpc) is 3.27. The van der Waals surface area contributed by atoms with Crippen LogP contribution in [0.3, 0.4) is 0 Å². The summed E-state index contributed by atoms with van der Waals surface area (Å²) in [6.07, 6.45) is 2.37. The lowest BCUT2D eigenvalue weighted by atomic mass is 9.95. The highest BCUT2D eigenvalue weighted by Gasteiger charge is 2.26. The lowest BCUT2D eigenvalue weighted by Gasteiger charge is -2.17. The van der Waals surface area contributed by atoms with Gasteiger partial charge < -0.3 is 5.32 Å². The van der Waals surface area contributed by atoms with Gasteiger partial charge in [0.2, 0.25) is 5.91 Å². The monoisotopic (exact) mass is 343 g/mol. The molecule has 1 saturated carbocycles. The molecule has 0 aliphatic heterocycles. The molecule has 24 heavy (non-hydrogen) atoms. The number of hydrogen-bond acceptors (Lipinski definition) is 4. The smallest absolute Gasteiger partial charge is 0.257 e. The van der Waals surface area contributed by atoms with Gasteiger partial charge in [0.25, 0.3) is 5.91 Å². The van der Waals surface area contributed by atoms with Crippen molar-refractivity contribution in [2.45, 2.75) is 39.5 Å². The minimum absolute atomic E-state index is 0.0888. The van der Waals surface area contributed by atoms with Crippen molar-refractivity contribution in [1.82, 2.24) is 4.98 Å². The van der Waals surface area contributed by atoms with Gasteiger partial charge in [0.15, 0.2) is 5.13 Å². The van der Waals surface area contributed by atoms with Crippen molar-refractivity contribution < 1.29 is 9.59 Å². The third-order valence-corrected chi connectivity index (χ3v) is 4.58. The van der Waals surface area contributed by atoms with Crippen molar-refractivity contribution in [2.75, 3.05) is 10.6 Å². The predicted molar refractivity (Wildman–Crippen MR) is 96.6 cm³/mol. The van der Waals surface area contributed by atoms with Crippen LogP contribution in [0.5, 0.6) is 0 Å². The lowest BCUT2D eigenvalue weighted by molar-refractivity contribution is -0.123. The zero-order valence-electron chi connectivity index (χ0n) is 14.1. The molecule has 2 amide bonds. The van der Waals surface area contributed by atoms with Gasteiger partial charge in [0, 0.05) is 28.0 Å². The fourth-order valence-corrected chi connectivity index (χ4v) is 2.92. The van der Waals surface area contributed by atoms with Crippen LogP contribution in [0.15, 0.2) is 29.6 Å². The standard InChI is InChI=1S/C18H21N3O2S/c1-18(2,3)16(23)19-13-6-4-5-12(9-13)15(22)21-17-20-14(10-24-17)11-7-8-11/h4-6,9-11H,7-8H2,1-3H3,(H,19,23)(H,20,21,22). The molecular formula is C18H21N3O2S. The van der Waals surface area contributed by atoms with Crippen molar-refractivity contribution in [3.8, 4) is 0 Å². The summed E-state index contributed by atoms with van der Waals surface area (Å²) in [5.41, 5.74) is 1.69. The molecule has 6 heteroatoms. The van der Waals surface area contributed by atoms with Crippen LogP contribution in [0.25, 0.3) is 0 Å². The van der Waals surface area contributed by atoms with Crippen LogP contribution in [0.1, 0.15) is 55.6 Å². The van der Waals surface area contributed by atoms with Gasteiger partial charge in [-0.2, -0.15) is 0 Å². The van der Waals surface area contributed by atoms with Crippen molar-refractivity contribution in [1.29, 1.82) is 0 Å². The molecule has 0 bridgehead atoms. The SMILES string of the molecule is CC(C)(C)C(=O)Nc1cccc(C(=O)Nc2nc(C3CC3)cs2)c1. The van der Waals surface area contributed by atoms with E-state index in [9.17, 15) is 9.59 Å². The molecule has 2 aromatic rings. The molecule has 2 N–H and O–H groups in total. The molecule has 0 saturated heterocycles. The van der Waals surface area contributed by atoms with Gasteiger partial charge in [-0.05, 0) is 31.0 Å². The first kappa shape index (κ1) is 16.6. The fourth-order valence-electron chi connectivity index (χ4n) is 2.14. The Balaban J connectivity index is 1.68. The van der Waals surface area contributed by atoms with E-state index in [-0.39, 0.29) is 11.8 Å². The molecule has 1 aliphatic carbocycles. The average molecular weight is 343 g/mol. The van der Waals surface area contributed by atoms with Gasteiger partial charge in [-0.15, -0.1) is 11.3 Å². The second-order valence-corrected chi connectivity index (χ2v) is 7.95. The van der Waals surface area contributed by atoms with Crippen molar-refractivity contribution >= 4 is 34.0 Å². The first-order valence-electron chi connectivity index (χ1n) is 8.01. The molecule has 1 aliphatic rings. The van der Waals surface area contributed by atoms with Crippen LogP contribution < -0.4 is 10.6 Å². The summed E-state index contributed by atoms with van der Waals surface area (Å²) in [7, 11) is 0. The van der Waals surface area contributed by atoms with Gasteiger partial charge >= 0.3 is 0 Å². The number of rotatable bonds is 4. The maximum atomic E-state index is 12.4. The van der Waals surface area contributed by atoms with E-state index in [0.29, 0.717) is 22.3 Å². The Kier molecular flexibility index (Phi) is 4.41. The zero-order valence-corrected chi connectivity index (χ0v) is 14.9. The largest absolute Gasteiger partial charge is 0.326 e. The van der Waals surface area contributed by atoms with Gasteiger partial charge in [-0.25, -0.2) is 4.98 Å². The molecule has 5 nitrogen and oxygen atoms in total. The number of carbonyl (C=O) groups excluding carboxylic acids is 2. The van der Waals surface area contributed by atoms with E-state index in [1.54, 1.807) is 24.3 Å². The van der Waals surface area contributed by atoms with E-state index in [2.05, 4.69) is 15.6 Å². The Morgan fingerprint density at radius 3 is 2.62 bits per heavy atom. The van der Waals surface area contributed by atoms with E-state index in [1.165, 1.54) is 24.2 Å². The van der Waals surface area contributed by atoms with Gasteiger partial charge in [0.05, 0.1) is 5.69 Å². The van der Waals surface area contributed by atoms with E-state index in [1.807, 2.05) is 26.2 Å². The maximum Gasteiger partial charge on any atom is 0.257 e. The lowest BCUT2D eigenvalue weighted by Crippen LogP contribution is -2.27. The molecule has 126 valence electrons. The number of nitrogens with zero attached hydrogens (tertiary/aromatic N) is 1. The molecule has 3 rings (SSSR count).